The summed E-state index contributed by atoms with van der Waals surface area (Å²) in [5.41, 5.74) is 0. The van der Waals surface area contributed by atoms with Crippen molar-refractivity contribution < 1.29 is 28.6 Å². The molecular formula is C66H122O6. The first-order valence-corrected chi connectivity index (χ1v) is 32.0. The minimum atomic E-state index is -0.771. The zero-order valence-corrected chi connectivity index (χ0v) is 48.5. The van der Waals surface area contributed by atoms with E-state index in [0.717, 1.165) is 70.6 Å². The highest BCUT2D eigenvalue weighted by Crippen LogP contribution is 2.17. The summed E-state index contributed by atoms with van der Waals surface area (Å²) in [4.78, 5) is 38.2. The number of rotatable bonds is 59. The van der Waals surface area contributed by atoms with E-state index in [1.165, 1.54) is 238 Å². The van der Waals surface area contributed by atoms with Crippen LogP contribution in [0.25, 0.3) is 0 Å². The maximum Gasteiger partial charge on any atom is 0.306 e. The van der Waals surface area contributed by atoms with Gasteiger partial charge in [0.15, 0.2) is 6.10 Å². The summed E-state index contributed by atoms with van der Waals surface area (Å²) in [5, 5.41) is 0. The summed E-state index contributed by atoms with van der Waals surface area (Å²) in [6.07, 6.45) is 74.5. The number of unbranched alkanes of at least 4 members (excludes halogenated alkanes) is 42. The minimum absolute atomic E-state index is 0.0701. The summed E-state index contributed by atoms with van der Waals surface area (Å²) < 4.78 is 16.9. The van der Waals surface area contributed by atoms with Crippen LogP contribution in [-0.2, 0) is 28.6 Å². The Morgan fingerprint density at radius 2 is 0.514 bits per heavy atom. The van der Waals surface area contributed by atoms with Crippen LogP contribution in [0.3, 0.4) is 0 Å². The van der Waals surface area contributed by atoms with E-state index in [1.807, 2.05) is 0 Å². The highest BCUT2D eigenvalue weighted by Gasteiger charge is 2.19. The van der Waals surface area contributed by atoms with Crippen LogP contribution in [0.1, 0.15) is 348 Å². The Labute approximate surface area is 448 Å². The molecule has 0 aromatic carbocycles. The molecule has 0 fully saturated rings. The number of allylic oxidation sites excluding steroid dienone is 6. The van der Waals surface area contributed by atoms with E-state index in [1.54, 1.807) is 0 Å². The van der Waals surface area contributed by atoms with Gasteiger partial charge in [0, 0.05) is 19.3 Å². The van der Waals surface area contributed by atoms with Crippen molar-refractivity contribution in [1.82, 2.24) is 0 Å². The van der Waals surface area contributed by atoms with Gasteiger partial charge in [-0.2, -0.15) is 0 Å². The van der Waals surface area contributed by atoms with Gasteiger partial charge in [0.25, 0.3) is 0 Å². The molecule has 1 atom stereocenters. The van der Waals surface area contributed by atoms with Gasteiger partial charge in [0.05, 0.1) is 0 Å². The Morgan fingerprint density at radius 3 is 0.819 bits per heavy atom. The third-order valence-electron chi connectivity index (χ3n) is 14.4. The molecule has 0 radical (unpaired) electrons. The van der Waals surface area contributed by atoms with Crippen LogP contribution in [0.15, 0.2) is 36.5 Å². The van der Waals surface area contributed by atoms with Gasteiger partial charge in [-0.1, -0.05) is 295 Å². The van der Waals surface area contributed by atoms with Gasteiger partial charge in [-0.15, -0.1) is 0 Å². The number of hydrogen-bond donors (Lipinski definition) is 0. The zero-order chi connectivity index (χ0) is 52.2. The molecule has 0 aliphatic rings. The summed E-state index contributed by atoms with van der Waals surface area (Å²) >= 11 is 0. The van der Waals surface area contributed by atoms with E-state index in [0.29, 0.717) is 19.3 Å². The van der Waals surface area contributed by atoms with Crippen molar-refractivity contribution in [1.29, 1.82) is 0 Å². The molecule has 0 saturated heterocycles. The largest absolute Gasteiger partial charge is 0.462 e. The van der Waals surface area contributed by atoms with Gasteiger partial charge in [0.1, 0.15) is 13.2 Å². The quantitative estimate of drug-likeness (QED) is 0.0261. The van der Waals surface area contributed by atoms with Crippen molar-refractivity contribution in [3.05, 3.63) is 36.5 Å². The van der Waals surface area contributed by atoms with Crippen LogP contribution in [0.2, 0.25) is 0 Å². The third kappa shape index (κ3) is 58.5. The fourth-order valence-electron chi connectivity index (χ4n) is 9.52. The Morgan fingerprint density at radius 1 is 0.278 bits per heavy atom. The molecule has 0 bridgehead atoms. The van der Waals surface area contributed by atoms with E-state index in [2.05, 4.69) is 57.2 Å². The molecule has 0 aromatic heterocycles. The monoisotopic (exact) mass is 1010 g/mol. The highest BCUT2D eigenvalue weighted by molar-refractivity contribution is 5.71. The average Bonchev–Trinajstić information content (AvgIpc) is 3.38. The molecule has 72 heavy (non-hydrogen) atoms. The van der Waals surface area contributed by atoms with E-state index in [9.17, 15) is 14.4 Å². The molecular weight excluding hydrogens is 889 g/mol. The third-order valence-corrected chi connectivity index (χ3v) is 14.4. The Hall–Kier alpha value is -2.37. The lowest BCUT2D eigenvalue weighted by molar-refractivity contribution is -0.167. The molecule has 0 aliphatic carbocycles. The lowest BCUT2D eigenvalue weighted by Gasteiger charge is -2.18. The fourth-order valence-corrected chi connectivity index (χ4v) is 9.52. The number of hydrogen-bond acceptors (Lipinski definition) is 6. The lowest BCUT2D eigenvalue weighted by Crippen LogP contribution is -2.30. The van der Waals surface area contributed by atoms with Gasteiger partial charge in [-0.05, 0) is 70.6 Å². The second-order valence-corrected chi connectivity index (χ2v) is 21.7. The molecule has 0 rings (SSSR count). The molecule has 0 aliphatic heterocycles. The average molecular weight is 1010 g/mol. The SMILES string of the molecule is CCCC/C=C\CCCCCCCC(=O)OCC(COC(=O)CCCCCCCCCCCCCCCCC/C=C\C/C=C\CCCCCCC)OC(=O)CCCCCCCCCCCCCCCCCC. The first-order valence-electron chi connectivity index (χ1n) is 32.0. The predicted octanol–water partition coefficient (Wildman–Crippen LogP) is 21.6. The fraction of sp³-hybridized carbons (Fsp3) is 0.864. The number of carbonyl (C=O) groups is 3. The van der Waals surface area contributed by atoms with Crippen molar-refractivity contribution in [2.75, 3.05) is 13.2 Å². The summed E-state index contributed by atoms with van der Waals surface area (Å²) in [7, 11) is 0. The summed E-state index contributed by atoms with van der Waals surface area (Å²) in [6.45, 7) is 6.64. The highest BCUT2D eigenvalue weighted by atomic mass is 16.6. The Balaban J connectivity index is 4.17. The van der Waals surface area contributed by atoms with Crippen LogP contribution >= 0.6 is 0 Å². The maximum atomic E-state index is 12.9. The van der Waals surface area contributed by atoms with Gasteiger partial charge < -0.3 is 14.2 Å². The molecule has 6 heteroatoms. The van der Waals surface area contributed by atoms with Crippen LogP contribution in [-0.4, -0.2) is 37.2 Å². The van der Waals surface area contributed by atoms with E-state index in [4.69, 9.17) is 14.2 Å². The normalized spacial score (nSPS) is 12.2. The standard InChI is InChI=1S/C66H122O6/c1-4-7-10-13-16-19-22-24-26-28-29-30-31-32-33-34-35-36-37-38-40-41-44-47-50-53-56-59-65(68)71-62-63(61-70-64(67)58-55-52-49-46-43-21-18-15-12-9-6-3)72-66(69)60-57-54-51-48-45-42-39-27-25-23-20-17-14-11-8-5-2/h15,18,22,24,28-29,63H,4-14,16-17,19-21,23,25-27,30-62H2,1-3H3/b18-15-,24-22-,29-28-. The molecule has 0 amide bonds. The maximum absolute atomic E-state index is 12.9. The first-order chi connectivity index (χ1) is 35.5. The van der Waals surface area contributed by atoms with Gasteiger partial charge in [0.2, 0.25) is 0 Å². The Bertz CT molecular complexity index is 1210. The molecule has 0 saturated carbocycles. The lowest BCUT2D eigenvalue weighted by atomic mass is 10.0. The summed E-state index contributed by atoms with van der Waals surface area (Å²) in [5.74, 6) is -0.858. The van der Waals surface area contributed by atoms with Crippen molar-refractivity contribution in [2.24, 2.45) is 0 Å². The van der Waals surface area contributed by atoms with Crippen molar-refractivity contribution in [2.45, 2.75) is 354 Å². The molecule has 6 nitrogen and oxygen atoms in total. The smallest absolute Gasteiger partial charge is 0.306 e. The topological polar surface area (TPSA) is 78.9 Å². The van der Waals surface area contributed by atoms with Crippen LogP contribution in [0.4, 0.5) is 0 Å². The van der Waals surface area contributed by atoms with E-state index >= 15 is 0 Å². The molecule has 422 valence electrons. The van der Waals surface area contributed by atoms with E-state index < -0.39 is 6.10 Å². The molecule has 0 heterocycles. The predicted molar refractivity (Wildman–Crippen MR) is 312 cm³/mol. The first kappa shape index (κ1) is 69.6. The van der Waals surface area contributed by atoms with Crippen LogP contribution in [0, 0.1) is 0 Å². The van der Waals surface area contributed by atoms with Crippen molar-refractivity contribution in [3.63, 3.8) is 0 Å². The van der Waals surface area contributed by atoms with Crippen LogP contribution < -0.4 is 0 Å². The van der Waals surface area contributed by atoms with Crippen molar-refractivity contribution in [3.8, 4) is 0 Å². The number of esters is 3. The van der Waals surface area contributed by atoms with Gasteiger partial charge in [-0.3, -0.25) is 14.4 Å². The van der Waals surface area contributed by atoms with Gasteiger partial charge in [-0.25, -0.2) is 0 Å². The number of ether oxygens (including phenoxy) is 3. The summed E-state index contributed by atoms with van der Waals surface area (Å²) in [6, 6.07) is 0. The second kappa shape index (κ2) is 61.2. The molecule has 1 unspecified atom stereocenters. The Kier molecular flexibility index (Phi) is 59.2. The van der Waals surface area contributed by atoms with E-state index in [-0.39, 0.29) is 31.1 Å². The number of carbonyl (C=O) groups excluding carboxylic acids is 3. The minimum Gasteiger partial charge on any atom is -0.462 e. The molecule has 0 N–H and O–H groups in total. The molecule has 0 aromatic rings. The zero-order valence-electron chi connectivity index (χ0n) is 48.5. The second-order valence-electron chi connectivity index (χ2n) is 21.7. The molecule has 0 spiro atoms. The van der Waals surface area contributed by atoms with Gasteiger partial charge >= 0.3 is 17.9 Å². The van der Waals surface area contributed by atoms with Crippen molar-refractivity contribution >= 4 is 17.9 Å². The van der Waals surface area contributed by atoms with Crippen LogP contribution in [0.5, 0.6) is 0 Å².